The summed E-state index contributed by atoms with van der Waals surface area (Å²) in [6.07, 6.45) is 2.84. The molecule has 0 radical (unpaired) electrons. The van der Waals surface area contributed by atoms with Crippen LogP contribution in [0.4, 0.5) is 0 Å². The van der Waals surface area contributed by atoms with Gasteiger partial charge in [0, 0.05) is 35.3 Å². The highest BCUT2D eigenvalue weighted by molar-refractivity contribution is 6.02. The summed E-state index contributed by atoms with van der Waals surface area (Å²) < 4.78 is 0. The van der Waals surface area contributed by atoms with Crippen molar-refractivity contribution >= 4 is 24.4 Å². The molecule has 0 spiro atoms. The number of amides is 2. The zero-order valence-corrected chi connectivity index (χ0v) is 16.1. The Hall–Kier alpha value is -3.32. The van der Waals surface area contributed by atoms with Gasteiger partial charge >= 0.3 is 0 Å². The van der Waals surface area contributed by atoms with Gasteiger partial charge in [-0.05, 0) is 38.1 Å². The number of benzene rings is 2. The van der Waals surface area contributed by atoms with Crippen LogP contribution in [0.15, 0.2) is 48.5 Å². The highest BCUT2D eigenvalue weighted by Gasteiger charge is 2.10. The van der Waals surface area contributed by atoms with Crippen LogP contribution in [0.2, 0.25) is 0 Å². The van der Waals surface area contributed by atoms with Gasteiger partial charge in [0.15, 0.2) is 12.6 Å². The van der Waals surface area contributed by atoms with Gasteiger partial charge in [0.2, 0.25) is 0 Å². The minimum atomic E-state index is -0.258. The summed E-state index contributed by atoms with van der Waals surface area (Å²) in [5, 5.41) is 8.84. The maximum absolute atomic E-state index is 12.1. The van der Waals surface area contributed by atoms with E-state index in [1.54, 1.807) is 48.5 Å². The van der Waals surface area contributed by atoms with E-state index in [4.69, 9.17) is 0 Å². The van der Waals surface area contributed by atoms with E-state index >= 15 is 0 Å². The Bertz CT molecular complexity index is 782. The van der Waals surface area contributed by atoms with Gasteiger partial charge in [-0.2, -0.15) is 0 Å². The third-order valence-electron chi connectivity index (χ3n) is 4.30. The van der Waals surface area contributed by atoms with Gasteiger partial charge in [-0.15, -0.1) is 0 Å². The molecule has 0 aliphatic carbocycles. The Kier molecular flexibility index (Phi) is 9.24. The van der Waals surface area contributed by atoms with Crippen molar-refractivity contribution in [1.82, 2.24) is 16.0 Å². The zero-order valence-electron chi connectivity index (χ0n) is 16.1. The first kappa shape index (κ1) is 22.0. The number of rotatable bonds is 12. The first-order valence-electron chi connectivity index (χ1n) is 9.53. The van der Waals surface area contributed by atoms with E-state index in [9.17, 15) is 19.2 Å². The largest absolute Gasteiger partial charge is 0.352 e. The van der Waals surface area contributed by atoms with Gasteiger partial charge in [-0.25, -0.2) is 0 Å². The van der Waals surface area contributed by atoms with E-state index in [2.05, 4.69) is 16.0 Å². The molecule has 2 aromatic carbocycles. The van der Waals surface area contributed by atoms with Crippen LogP contribution in [0.5, 0.6) is 0 Å². The molecular weight excluding hydrogens is 370 g/mol. The monoisotopic (exact) mass is 395 g/mol. The molecule has 7 heteroatoms. The molecule has 0 aliphatic heterocycles. The maximum Gasteiger partial charge on any atom is 0.252 e. The minimum absolute atomic E-state index is 0.258. The lowest BCUT2D eigenvalue weighted by Gasteiger charge is -2.09. The third-order valence-corrected chi connectivity index (χ3v) is 4.30. The molecule has 0 unspecified atom stereocenters. The summed E-state index contributed by atoms with van der Waals surface area (Å²) in [7, 11) is 0. The lowest BCUT2D eigenvalue weighted by molar-refractivity contribution is 0.0942. The molecular formula is C22H25N3O4. The molecule has 0 atom stereocenters. The van der Waals surface area contributed by atoms with E-state index in [0.717, 1.165) is 25.9 Å². The van der Waals surface area contributed by atoms with Crippen LogP contribution in [-0.4, -0.2) is 50.6 Å². The van der Waals surface area contributed by atoms with Gasteiger partial charge < -0.3 is 16.0 Å². The van der Waals surface area contributed by atoms with Crippen molar-refractivity contribution in [2.24, 2.45) is 0 Å². The molecule has 29 heavy (non-hydrogen) atoms. The van der Waals surface area contributed by atoms with Gasteiger partial charge in [-0.1, -0.05) is 36.4 Å². The molecule has 2 rings (SSSR count). The Balaban J connectivity index is 1.55. The highest BCUT2D eigenvalue weighted by Crippen LogP contribution is 2.06. The summed E-state index contributed by atoms with van der Waals surface area (Å²) in [6, 6.07) is 13.3. The van der Waals surface area contributed by atoms with Crippen LogP contribution in [0, 0.1) is 0 Å². The standard InChI is InChI=1S/C22H25N3O4/c26-15-17-7-1-3-9-19(17)21(28)24-13-5-11-23-12-6-14-25-22(29)20-10-4-2-8-18(20)16-27/h1-4,7-10,15-16,23H,5-6,11-14H2,(H,24,28)(H,25,29). The molecule has 7 nitrogen and oxygen atoms in total. The van der Waals surface area contributed by atoms with Gasteiger partial charge in [0.1, 0.15) is 0 Å². The van der Waals surface area contributed by atoms with Crippen LogP contribution in [0.25, 0.3) is 0 Å². The number of hydrogen-bond donors (Lipinski definition) is 3. The molecule has 0 aliphatic rings. The van der Waals surface area contributed by atoms with Crippen molar-refractivity contribution in [3.63, 3.8) is 0 Å². The SMILES string of the molecule is O=Cc1ccccc1C(=O)NCCCNCCCNC(=O)c1ccccc1C=O. The summed E-state index contributed by atoms with van der Waals surface area (Å²) in [5.41, 5.74) is 1.51. The average molecular weight is 395 g/mol. The third kappa shape index (κ3) is 6.97. The van der Waals surface area contributed by atoms with E-state index in [1.807, 2.05) is 0 Å². The number of nitrogens with one attached hydrogen (secondary N) is 3. The smallest absolute Gasteiger partial charge is 0.252 e. The molecule has 2 aromatic rings. The van der Waals surface area contributed by atoms with Gasteiger partial charge in [0.25, 0.3) is 11.8 Å². The van der Waals surface area contributed by atoms with E-state index < -0.39 is 0 Å². The van der Waals surface area contributed by atoms with Crippen molar-refractivity contribution in [1.29, 1.82) is 0 Å². The summed E-state index contributed by atoms with van der Waals surface area (Å²) in [5.74, 6) is -0.517. The number of hydrogen-bond acceptors (Lipinski definition) is 5. The quantitative estimate of drug-likeness (QED) is 0.376. The van der Waals surface area contributed by atoms with Crippen molar-refractivity contribution in [2.45, 2.75) is 12.8 Å². The van der Waals surface area contributed by atoms with Crippen LogP contribution in [0.3, 0.4) is 0 Å². The van der Waals surface area contributed by atoms with Crippen molar-refractivity contribution in [3.05, 3.63) is 70.8 Å². The number of carbonyl (C=O) groups excluding carboxylic acids is 4. The molecule has 0 saturated heterocycles. The second-order valence-corrected chi connectivity index (χ2v) is 6.38. The fourth-order valence-corrected chi connectivity index (χ4v) is 2.76. The Morgan fingerprint density at radius 2 is 1.07 bits per heavy atom. The number of carbonyl (C=O) groups is 4. The lowest BCUT2D eigenvalue weighted by Crippen LogP contribution is -2.30. The molecule has 3 N–H and O–H groups in total. The molecule has 0 fully saturated rings. The maximum atomic E-state index is 12.1. The Morgan fingerprint density at radius 1 is 0.655 bits per heavy atom. The summed E-state index contributed by atoms with van der Waals surface area (Å²) >= 11 is 0. The second-order valence-electron chi connectivity index (χ2n) is 6.38. The normalized spacial score (nSPS) is 10.2. The topological polar surface area (TPSA) is 104 Å². The highest BCUT2D eigenvalue weighted by atomic mass is 16.2. The molecule has 0 saturated carbocycles. The predicted octanol–water partition coefficient (Wildman–Crippen LogP) is 1.84. The molecule has 0 heterocycles. The zero-order chi connectivity index (χ0) is 20.9. The fraction of sp³-hybridized carbons (Fsp3) is 0.273. The van der Waals surface area contributed by atoms with Crippen molar-refractivity contribution in [2.75, 3.05) is 26.2 Å². The van der Waals surface area contributed by atoms with Crippen LogP contribution in [-0.2, 0) is 0 Å². The Labute approximate surface area is 169 Å². The first-order valence-corrected chi connectivity index (χ1v) is 9.53. The van der Waals surface area contributed by atoms with E-state index in [0.29, 0.717) is 47.9 Å². The molecule has 2 amide bonds. The van der Waals surface area contributed by atoms with Crippen LogP contribution < -0.4 is 16.0 Å². The van der Waals surface area contributed by atoms with Gasteiger partial charge in [0.05, 0.1) is 0 Å². The molecule has 0 bridgehead atoms. The van der Waals surface area contributed by atoms with E-state index in [1.165, 1.54) is 0 Å². The van der Waals surface area contributed by atoms with E-state index in [-0.39, 0.29) is 11.8 Å². The van der Waals surface area contributed by atoms with Gasteiger partial charge in [-0.3, -0.25) is 19.2 Å². The fourth-order valence-electron chi connectivity index (χ4n) is 2.76. The molecule has 0 aromatic heterocycles. The van der Waals surface area contributed by atoms with Crippen LogP contribution in [0.1, 0.15) is 54.3 Å². The lowest BCUT2D eigenvalue weighted by atomic mass is 10.1. The summed E-state index contributed by atoms with van der Waals surface area (Å²) in [6.45, 7) is 2.44. The predicted molar refractivity (Wildman–Crippen MR) is 110 cm³/mol. The minimum Gasteiger partial charge on any atom is -0.352 e. The second kappa shape index (κ2) is 12.2. The average Bonchev–Trinajstić information content (AvgIpc) is 2.77. The first-order chi connectivity index (χ1) is 14.2. The molecule has 152 valence electrons. The Morgan fingerprint density at radius 3 is 1.48 bits per heavy atom. The summed E-state index contributed by atoms with van der Waals surface area (Å²) in [4.78, 5) is 46.1. The van der Waals surface area contributed by atoms with Crippen molar-refractivity contribution in [3.8, 4) is 0 Å². The van der Waals surface area contributed by atoms with Crippen LogP contribution >= 0.6 is 0 Å². The van der Waals surface area contributed by atoms with Crippen molar-refractivity contribution < 1.29 is 19.2 Å². The number of aldehydes is 2.